The molecule has 8 heteroatoms. The molecule has 0 spiro atoms. The van der Waals surface area contributed by atoms with Crippen molar-refractivity contribution >= 4 is 35.0 Å². The molecule has 1 atom stereocenters. The van der Waals surface area contributed by atoms with E-state index in [2.05, 4.69) is 10.6 Å². The largest absolute Gasteiger partial charge is 0.497 e. The molecule has 2 N–H and O–H groups in total. The number of ether oxygens (including phenoxy) is 3. The van der Waals surface area contributed by atoms with Gasteiger partial charge in [-0.15, -0.1) is 11.8 Å². The molecule has 27 heavy (non-hydrogen) atoms. The number of hydrogen-bond acceptors (Lipinski definition) is 6. The first kappa shape index (κ1) is 18.9. The van der Waals surface area contributed by atoms with Gasteiger partial charge < -0.3 is 24.8 Å². The summed E-state index contributed by atoms with van der Waals surface area (Å²) in [6.45, 7) is 0. The van der Waals surface area contributed by atoms with Crippen molar-refractivity contribution in [1.82, 2.24) is 0 Å². The van der Waals surface area contributed by atoms with Crippen molar-refractivity contribution in [2.45, 2.75) is 16.6 Å². The Morgan fingerprint density at radius 3 is 2.56 bits per heavy atom. The van der Waals surface area contributed by atoms with Crippen LogP contribution in [0.15, 0.2) is 41.3 Å². The van der Waals surface area contributed by atoms with Gasteiger partial charge in [-0.05, 0) is 30.3 Å². The van der Waals surface area contributed by atoms with Crippen LogP contribution in [0.1, 0.15) is 6.42 Å². The summed E-state index contributed by atoms with van der Waals surface area (Å²) in [5.74, 6) is 1.33. The van der Waals surface area contributed by atoms with Gasteiger partial charge in [-0.25, -0.2) is 0 Å². The van der Waals surface area contributed by atoms with E-state index in [1.807, 2.05) is 6.07 Å². The minimum Gasteiger partial charge on any atom is -0.497 e. The van der Waals surface area contributed by atoms with E-state index in [-0.39, 0.29) is 18.2 Å². The number of carbonyl (C=O) groups excluding carboxylic acids is 2. The van der Waals surface area contributed by atoms with E-state index in [4.69, 9.17) is 14.2 Å². The number of anilines is 2. The van der Waals surface area contributed by atoms with Gasteiger partial charge in [-0.2, -0.15) is 0 Å². The number of nitrogens with one attached hydrogen (secondary N) is 2. The number of carbonyl (C=O) groups is 2. The van der Waals surface area contributed by atoms with Crippen molar-refractivity contribution in [3.8, 4) is 17.2 Å². The second kappa shape index (κ2) is 8.22. The van der Waals surface area contributed by atoms with Crippen molar-refractivity contribution in [3.63, 3.8) is 0 Å². The quantitative estimate of drug-likeness (QED) is 0.791. The average molecular weight is 388 g/mol. The fourth-order valence-electron chi connectivity index (χ4n) is 2.68. The number of thioether (sulfide) groups is 1. The van der Waals surface area contributed by atoms with Gasteiger partial charge in [0.1, 0.15) is 5.75 Å². The van der Waals surface area contributed by atoms with Crippen LogP contribution >= 0.6 is 11.8 Å². The fourth-order valence-corrected chi connectivity index (χ4v) is 3.82. The molecule has 0 bridgehead atoms. The molecule has 0 aromatic heterocycles. The number of rotatable bonds is 6. The molecule has 2 amide bonds. The van der Waals surface area contributed by atoms with Crippen LogP contribution in [0.2, 0.25) is 0 Å². The molecule has 0 unspecified atom stereocenters. The number of hydrogen-bond donors (Lipinski definition) is 2. The molecule has 1 aliphatic heterocycles. The predicted molar refractivity (Wildman–Crippen MR) is 104 cm³/mol. The van der Waals surface area contributed by atoms with Crippen LogP contribution in [0.5, 0.6) is 17.2 Å². The lowest BCUT2D eigenvalue weighted by Crippen LogP contribution is -2.32. The van der Waals surface area contributed by atoms with Gasteiger partial charge in [0.25, 0.3) is 0 Å². The molecule has 0 fully saturated rings. The Morgan fingerprint density at radius 1 is 1.07 bits per heavy atom. The Morgan fingerprint density at radius 2 is 1.85 bits per heavy atom. The topological polar surface area (TPSA) is 85.9 Å². The van der Waals surface area contributed by atoms with Gasteiger partial charge in [0.2, 0.25) is 11.8 Å². The van der Waals surface area contributed by atoms with Gasteiger partial charge in [0.15, 0.2) is 11.5 Å². The predicted octanol–water partition coefficient (Wildman–Crippen LogP) is 3.15. The average Bonchev–Trinajstić information content (AvgIpc) is 2.68. The van der Waals surface area contributed by atoms with Crippen LogP contribution < -0.4 is 24.8 Å². The lowest BCUT2D eigenvalue weighted by atomic mass is 10.2. The van der Waals surface area contributed by atoms with E-state index < -0.39 is 5.25 Å². The molecule has 7 nitrogen and oxygen atoms in total. The third kappa shape index (κ3) is 4.28. The lowest BCUT2D eigenvalue weighted by molar-refractivity contribution is -0.120. The van der Waals surface area contributed by atoms with E-state index in [0.717, 1.165) is 10.6 Å². The Bertz CT molecular complexity index is 871. The molecule has 2 aromatic rings. The SMILES string of the molecule is COc1ccc2c(c1)S[C@H](CC(=O)Nc1ccc(OC)c(OC)c1)C(=O)N2. The van der Waals surface area contributed by atoms with E-state index in [0.29, 0.717) is 22.9 Å². The van der Waals surface area contributed by atoms with Crippen molar-refractivity contribution in [2.75, 3.05) is 32.0 Å². The molecule has 0 radical (unpaired) electrons. The number of amides is 2. The highest BCUT2D eigenvalue weighted by molar-refractivity contribution is 8.01. The maximum absolute atomic E-state index is 12.4. The molecular formula is C19H20N2O5S. The van der Waals surface area contributed by atoms with Gasteiger partial charge in [0, 0.05) is 23.1 Å². The molecule has 1 aliphatic rings. The molecule has 2 aromatic carbocycles. The first-order chi connectivity index (χ1) is 13.0. The van der Waals surface area contributed by atoms with Crippen LogP contribution in [0.3, 0.4) is 0 Å². The molecule has 142 valence electrons. The molecule has 1 heterocycles. The van der Waals surface area contributed by atoms with Crippen molar-refractivity contribution in [1.29, 1.82) is 0 Å². The van der Waals surface area contributed by atoms with E-state index in [9.17, 15) is 9.59 Å². The summed E-state index contributed by atoms with van der Waals surface area (Å²) >= 11 is 1.35. The maximum Gasteiger partial charge on any atom is 0.238 e. The lowest BCUT2D eigenvalue weighted by Gasteiger charge is -2.24. The zero-order valence-electron chi connectivity index (χ0n) is 15.2. The first-order valence-electron chi connectivity index (χ1n) is 8.21. The second-order valence-corrected chi connectivity index (χ2v) is 7.02. The fraction of sp³-hybridized carbons (Fsp3) is 0.263. The number of benzene rings is 2. The van der Waals surface area contributed by atoms with E-state index in [1.54, 1.807) is 44.6 Å². The Hall–Kier alpha value is -2.87. The van der Waals surface area contributed by atoms with Crippen LogP contribution in [0.25, 0.3) is 0 Å². The van der Waals surface area contributed by atoms with Gasteiger partial charge >= 0.3 is 0 Å². The molecule has 3 rings (SSSR count). The van der Waals surface area contributed by atoms with Crippen LogP contribution in [0, 0.1) is 0 Å². The van der Waals surface area contributed by atoms with Crippen molar-refractivity contribution < 1.29 is 23.8 Å². The summed E-state index contributed by atoms with van der Waals surface area (Å²) in [6, 6.07) is 10.5. The third-order valence-corrected chi connectivity index (χ3v) is 5.30. The minimum absolute atomic E-state index is 0.0431. The standard InChI is InChI=1S/C19H20N2O5S/c1-24-12-5-6-13-16(9-12)27-17(19(23)21-13)10-18(22)20-11-4-7-14(25-2)15(8-11)26-3/h4-9,17H,10H2,1-3H3,(H,20,22)(H,21,23)/t17-/m1/s1. The Balaban J connectivity index is 1.68. The van der Waals surface area contributed by atoms with Crippen molar-refractivity contribution in [3.05, 3.63) is 36.4 Å². The van der Waals surface area contributed by atoms with Crippen LogP contribution in [0.4, 0.5) is 11.4 Å². The Kier molecular flexibility index (Phi) is 5.75. The molecule has 0 aliphatic carbocycles. The highest BCUT2D eigenvalue weighted by Crippen LogP contribution is 2.39. The highest BCUT2D eigenvalue weighted by atomic mass is 32.2. The van der Waals surface area contributed by atoms with Gasteiger partial charge in [-0.1, -0.05) is 0 Å². The van der Waals surface area contributed by atoms with E-state index >= 15 is 0 Å². The summed E-state index contributed by atoms with van der Waals surface area (Å²) < 4.78 is 15.6. The zero-order valence-corrected chi connectivity index (χ0v) is 16.0. The maximum atomic E-state index is 12.4. The second-order valence-electron chi connectivity index (χ2n) is 5.78. The highest BCUT2D eigenvalue weighted by Gasteiger charge is 2.29. The normalized spacial score (nSPS) is 15.4. The van der Waals surface area contributed by atoms with E-state index in [1.165, 1.54) is 18.9 Å². The van der Waals surface area contributed by atoms with Gasteiger partial charge in [-0.3, -0.25) is 9.59 Å². The van der Waals surface area contributed by atoms with Crippen molar-refractivity contribution in [2.24, 2.45) is 0 Å². The van der Waals surface area contributed by atoms with Crippen LogP contribution in [-0.4, -0.2) is 38.4 Å². The Labute approximate surface area is 161 Å². The monoisotopic (exact) mass is 388 g/mol. The first-order valence-corrected chi connectivity index (χ1v) is 9.09. The minimum atomic E-state index is -0.523. The molecule has 0 saturated carbocycles. The summed E-state index contributed by atoms with van der Waals surface area (Å²) in [5.41, 5.74) is 1.29. The summed E-state index contributed by atoms with van der Waals surface area (Å²) in [7, 11) is 4.65. The zero-order chi connectivity index (χ0) is 19.4. The summed E-state index contributed by atoms with van der Waals surface area (Å²) in [6.07, 6.45) is 0.0431. The summed E-state index contributed by atoms with van der Waals surface area (Å²) in [5, 5.41) is 5.10. The number of fused-ring (bicyclic) bond motifs is 1. The smallest absolute Gasteiger partial charge is 0.238 e. The molecular weight excluding hydrogens is 368 g/mol. The van der Waals surface area contributed by atoms with Crippen LogP contribution in [-0.2, 0) is 9.59 Å². The third-order valence-electron chi connectivity index (χ3n) is 4.05. The summed E-state index contributed by atoms with van der Waals surface area (Å²) in [4.78, 5) is 25.6. The number of methoxy groups -OCH3 is 3. The molecule has 0 saturated heterocycles. The van der Waals surface area contributed by atoms with Gasteiger partial charge in [0.05, 0.1) is 32.3 Å².